The zero-order valence-corrected chi connectivity index (χ0v) is 16.3. The zero-order valence-electron chi connectivity index (χ0n) is 15.4. The Bertz CT molecular complexity index is 1100. The van der Waals surface area contributed by atoms with Crippen molar-refractivity contribution in [3.05, 3.63) is 70.2 Å². The molecule has 0 radical (unpaired) electrons. The largest absolute Gasteiger partial charge is 0.326 e. The lowest BCUT2D eigenvalue weighted by Gasteiger charge is -2.05. The number of aryl methyl sites for hydroxylation is 1. The Morgan fingerprint density at radius 3 is 2.79 bits per heavy atom. The van der Waals surface area contributed by atoms with Crippen molar-refractivity contribution in [2.24, 2.45) is 5.10 Å². The fourth-order valence-corrected chi connectivity index (χ4v) is 3.98. The molecule has 0 atom stereocenters. The van der Waals surface area contributed by atoms with Crippen LogP contribution in [0.15, 0.2) is 53.6 Å². The van der Waals surface area contributed by atoms with E-state index in [-0.39, 0.29) is 11.8 Å². The van der Waals surface area contributed by atoms with E-state index in [1.54, 1.807) is 0 Å². The van der Waals surface area contributed by atoms with Gasteiger partial charge < -0.3 is 5.32 Å². The van der Waals surface area contributed by atoms with Crippen molar-refractivity contribution in [3.8, 4) is 10.6 Å². The molecular formula is C21H18N4O2S. The molecule has 140 valence electrons. The Hall–Kier alpha value is -3.32. The van der Waals surface area contributed by atoms with Gasteiger partial charge in [0.1, 0.15) is 9.88 Å². The lowest BCUT2D eigenvalue weighted by Crippen LogP contribution is -2.19. The zero-order chi connectivity index (χ0) is 19.7. The van der Waals surface area contributed by atoms with Gasteiger partial charge in [0, 0.05) is 11.3 Å². The summed E-state index contributed by atoms with van der Waals surface area (Å²) in [5, 5.41) is 7.84. The number of rotatable bonds is 4. The minimum absolute atomic E-state index is 0.00932. The van der Waals surface area contributed by atoms with Crippen molar-refractivity contribution in [2.75, 3.05) is 5.32 Å². The molecule has 0 saturated heterocycles. The maximum absolute atomic E-state index is 12.6. The Morgan fingerprint density at radius 1 is 1.21 bits per heavy atom. The van der Waals surface area contributed by atoms with E-state index in [0.29, 0.717) is 22.7 Å². The highest BCUT2D eigenvalue weighted by atomic mass is 32.1. The van der Waals surface area contributed by atoms with Crippen LogP contribution in [0.25, 0.3) is 10.6 Å². The van der Waals surface area contributed by atoms with Gasteiger partial charge in [-0.2, -0.15) is 5.10 Å². The molecule has 0 spiro atoms. The number of aromatic nitrogens is 1. The summed E-state index contributed by atoms with van der Waals surface area (Å²) in [6.07, 6.45) is 0.366. The number of hydrogen-bond donors (Lipinski definition) is 2. The number of carbonyl (C=O) groups is 2. The number of nitrogens with zero attached hydrogens (tertiary/aromatic N) is 2. The van der Waals surface area contributed by atoms with Gasteiger partial charge in [0.25, 0.3) is 5.91 Å². The maximum atomic E-state index is 12.6. The third-order valence-corrected chi connectivity index (χ3v) is 5.70. The second kappa shape index (κ2) is 7.36. The van der Waals surface area contributed by atoms with Crippen molar-refractivity contribution in [3.63, 3.8) is 0 Å². The number of thiazole rings is 1. The summed E-state index contributed by atoms with van der Waals surface area (Å²) in [5.41, 5.74) is 7.58. The standard InChI is InChI=1S/C21H18N4O2S/c1-12(15-8-9-17-16(10-15)11-18(26)23-17)24-25-20(27)19-13(2)22-21(28-19)14-6-4-3-5-7-14/h3-10H,11H2,1-2H3,(H,23,26)(H,25,27)/b24-12+. The number of hydrogen-bond acceptors (Lipinski definition) is 5. The average molecular weight is 390 g/mol. The van der Waals surface area contributed by atoms with E-state index in [0.717, 1.165) is 27.4 Å². The molecular weight excluding hydrogens is 372 g/mol. The number of nitrogens with one attached hydrogen (secondary N) is 2. The Balaban J connectivity index is 1.51. The van der Waals surface area contributed by atoms with Crippen LogP contribution in [0.2, 0.25) is 0 Å². The van der Waals surface area contributed by atoms with Gasteiger partial charge >= 0.3 is 0 Å². The molecule has 6 nitrogen and oxygen atoms in total. The molecule has 7 heteroatoms. The van der Waals surface area contributed by atoms with Crippen LogP contribution in [-0.4, -0.2) is 22.5 Å². The highest BCUT2D eigenvalue weighted by Crippen LogP contribution is 2.28. The number of anilines is 1. The van der Waals surface area contributed by atoms with E-state index < -0.39 is 0 Å². The molecule has 0 fully saturated rings. The molecule has 0 bridgehead atoms. The second-order valence-electron chi connectivity index (χ2n) is 6.53. The van der Waals surface area contributed by atoms with Crippen molar-refractivity contribution in [1.29, 1.82) is 0 Å². The van der Waals surface area contributed by atoms with Gasteiger partial charge in [0.05, 0.1) is 17.8 Å². The van der Waals surface area contributed by atoms with Crippen LogP contribution < -0.4 is 10.7 Å². The first kappa shape index (κ1) is 18.1. The van der Waals surface area contributed by atoms with E-state index >= 15 is 0 Å². The fourth-order valence-electron chi connectivity index (χ4n) is 3.02. The molecule has 2 aromatic carbocycles. The van der Waals surface area contributed by atoms with Crippen LogP contribution in [0.1, 0.15) is 33.4 Å². The van der Waals surface area contributed by atoms with Gasteiger partial charge in [0.15, 0.2) is 0 Å². The molecule has 28 heavy (non-hydrogen) atoms. The lowest BCUT2D eigenvalue weighted by atomic mass is 10.1. The highest BCUT2D eigenvalue weighted by molar-refractivity contribution is 7.17. The van der Waals surface area contributed by atoms with Crippen LogP contribution >= 0.6 is 11.3 Å². The first-order chi connectivity index (χ1) is 13.5. The minimum Gasteiger partial charge on any atom is -0.326 e. The first-order valence-corrected chi connectivity index (χ1v) is 9.63. The second-order valence-corrected chi connectivity index (χ2v) is 7.53. The smallest absolute Gasteiger partial charge is 0.283 e. The van der Waals surface area contributed by atoms with Gasteiger partial charge in [0.2, 0.25) is 5.91 Å². The molecule has 1 aromatic heterocycles. The monoisotopic (exact) mass is 390 g/mol. The van der Waals surface area contributed by atoms with Crippen molar-refractivity contribution >= 4 is 34.6 Å². The molecule has 0 saturated carbocycles. The Kier molecular flexibility index (Phi) is 4.75. The van der Waals surface area contributed by atoms with Crippen molar-refractivity contribution < 1.29 is 9.59 Å². The van der Waals surface area contributed by atoms with E-state index in [1.165, 1.54) is 11.3 Å². The summed E-state index contributed by atoms with van der Waals surface area (Å²) in [6, 6.07) is 15.4. The average Bonchev–Trinajstić information content (AvgIpc) is 3.27. The normalized spacial score (nSPS) is 13.2. The molecule has 4 rings (SSSR count). The Morgan fingerprint density at radius 2 is 2.00 bits per heavy atom. The molecule has 0 aliphatic carbocycles. The maximum Gasteiger partial charge on any atom is 0.283 e. The van der Waals surface area contributed by atoms with Crippen LogP contribution in [0, 0.1) is 6.92 Å². The summed E-state index contributed by atoms with van der Waals surface area (Å²) in [6.45, 7) is 3.64. The van der Waals surface area contributed by atoms with Gasteiger partial charge in [-0.25, -0.2) is 10.4 Å². The number of fused-ring (bicyclic) bond motifs is 1. The molecule has 1 aliphatic heterocycles. The van der Waals surface area contributed by atoms with Crippen molar-refractivity contribution in [2.45, 2.75) is 20.3 Å². The van der Waals surface area contributed by atoms with Gasteiger partial charge in [-0.3, -0.25) is 9.59 Å². The number of amides is 2. The molecule has 2 N–H and O–H groups in total. The van der Waals surface area contributed by atoms with Crippen LogP contribution in [-0.2, 0) is 11.2 Å². The van der Waals surface area contributed by atoms with Crippen molar-refractivity contribution in [1.82, 2.24) is 10.4 Å². The summed E-state index contributed by atoms with van der Waals surface area (Å²) >= 11 is 1.35. The number of carbonyl (C=O) groups excluding carboxylic acids is 2. The quantitative estimate of drug-likeness (QED) is 0.525. The summed E-state index contributed by atoms with van der Waals surface area (Å²) in [4.78, 5) is 29.1. The third kappa shape index (κ3) is 3.57. The molecule has 2 heterocycles. The lowest BCUT2D eigenvalue weighted by molar-refractivity contribution is -0.115. The van der Waals surface area contributed by atoms with Crippen LogP contribution in [0.4, 0.5) is 5.69 Å². The highest BCUT2D eigenvalue weighted by Gasteiger charge is 2.18. The predicted molar refractivity (Wildman–Crippen MR) is 111 cm³/mol. The van der Waals surface area contributed by atoms with E-state index in [2.05, 4.69) is 20.8 Å². The van der Waals surface area contributed by atoms with Gasteiger partial charge in [-0.1, -0.05) is 36.4 Å². The fraction of sp³-hybridized carbons (Fsp3) is 0.143. The summed E-state index contributed by atoms with van der Waals surface area (Å²) < 4.78 is 0. The summed E-state index contributed by atoms with van der Waals surface area (Å²) in [5.74, 6) is -0.292. The molecule has 0 unspecified atom stereocenters. The van der Waals surface area contributed by atoms with Crippen LogP contribution in [0.3, 0.4) is 0 Å². The third-order valence-electron chi connectivity index (χ3n) is 4.50. The molecule has 1 aliphatic rings. The minimum atomic E-state index is -0.283. The van der Waals surface area contributed by atoms with E-state index in [9.17, 15) is 9.59 Å². The molecule has 2 amide bonds. The summed E-state index contributed by atoms with van der Waals surface area (Å²) in [7, 11) is 0. The number of benzene rings is 2. The topological polar surface area (TPSA) is 83.5 Å². The van der Waals surface area contributed by atoms with Crippen LogP contribution in [0.5, 0.6) is 0 Å². The predicted octanol–water partition coefficient (Wildman–Crippen LogP) is 3.77. The SMILES string of the molecule is C/C(=N\NC(=O)c1sc(-c2ccccc2)nc1C)c1ccc2c(c1)CC(=O)N2. The number of hydrazone groups is 1. The van der Waals surface area contributed by atoms with E-state index in [1.807, 2.05) is 62.4 Å². The van der Waals surface area contributed by atoms with Gasteiger partial charge in [-0.15, -0.1) is 11.3 Å². The first-order valence-electron chi connectivity index (χ1n) is 8.82. The Labute approximate surface area is 166 Å². The van der Waals surface area contributed by atoms with Gasteiger partial charge in [-0.05, 0) is 37.1 Å². The van der Waals surface area contributed by atoms with E-state index in [4.69, 9.17) is 0 Å². The molecule has 3 aromatic rings.